The molecule has 0 saturated carbocycles. The second-order valence-electron chi connectivity index (χ2n) is 4.72. The van der Waals surface area contributed by atoms with Crippen molar-refractivity contribution in [3.8, 4) is 0 Å². The van der Waals surface area contributed by atoms with Gasteiger partial charge in [0.2, 0.25) is 0 Å². The Morgan fingerprint density at radius 1 is 1.44 bits per heavy atom. The smallest absolute Gasteiger partial charge is 0.0621 e. The minimum atomic E-state index is -0.0166. The van der Waals surface area contributed by atoms with Gasteiger partial charge >= 0.3 is 0 Å². The van der Waals surface area contributed by atoms with Gasteiger partial charge in [0.1, 0.15) is 0 Å². The van der Waals surface area contributed by atoms with Crippen LogP contribution in [0.2, 0.25) is 0 Å². The summed E-state index contributed by atoms with van der Waals surface area (Å²) in [4.78, 5) is 2.41. The third kappa shape index (κ3) is 3.91. The summed E-state index contributed by atoms with van der Waals surface area (Å²) in [5.74, 6) is 1.04. The van der Waals surface area contributed by atoms with Crippen molar-refractivity contribution in [2.45, 2.75) is 38.0 Å². The van der Waals surface area contributed by atoms with Gasteiger partial charge in [-0.2, -0.15) is 11.8 Å². The van der Waals surface area contributed by atoms with E-state index in [1.54, 1.807) is 0 Å². The van der Waals surface area contributed by atoms with Gasteiger partial charge < -0.3 is 15.3 Å². The number of rotatable bonds is 7. The van der Waals surface area contributed by atoms with E-state index in [1.807, 2.05) is 11.8 Å². The van der Waals surface area contributed by atoms with Crippen molar-refractivity contribution in [2.75, 3.05) is 38.5 Å². The molecule has 1 fully saturated rings. The summed E-state index contributed by atoms with van der Waals surface area (Å²) < 4.78 is 0. The first-order chi connectivity index (χ1) is 7.65. The molecule has 2 atom stereocenters. The molecule has 3 nitrogen and oxygen atoms in total. The zero-order valence-electron chi connectivity index (χ0n) is 10.8. The Bertz CT molecular complexity index is 199. The highest BCUT2D eigenvalue weighted by molar-refractivity contribution is 8.00. The van der Waals surface area contributed by atoms with Crippen molar-refractivity contribution in [2.24, 2.45) is 0 Å². The molecule has 1 aliphatic heterocycles. The summed E-state index contributed by atoms with van der Waals surface area (Å²) in [6.45, 7) is 11.2. The number of hydrogen-bond acceptors (Lipinski definition) is 4. The zero-order chi connectivity index (χ0) is 12.0. The molecule has 4 heteroatoms. The number of nitrogens with zero attached hydrogens (tertiary/aromatic N) is 1. The van der Waals surface area contributed by atoms with Crippen LogP contribution in [0.15, 0.2) is 0 Å². The Balaban J connectivity index is 2.29. The van der Waals surface area contributed by atoms with Crippen LogP contribution in [0.1, 0.15) is 27.2 Å². The molecule has 16 heavy (non-hydrogen) atoms. The lowest BCUT2D eigenvalue weighted by Crippen LogP contribution is -2.51. The number of nitrogens with one attached hydrogen (secondary N) is 1. The van der Waals surface area contributed by atoms with Crippen molar-refractivity contribution >= 4 is 11.8 Å². The summed E-state index contributed by atoms with van der Waals surface area (Å²) in [5, 5.41) is 13.8. The van der Waals surface area contributed by atoms with E-state index in [-0.39, 0.29) is 12.1 Å². The average molecular weight is 246 g/mol. The van der Waals surface area contributed by atoms with E-state index in [4.69, 9.17) is 0 Å². The highest BCUT2D eigenvalue weighted by atomic mass is 32.2. The van der Waals surface area contributed by atoms with Crippen molar-refractivity contribution in [1.82, 2.24) is 10.2 Å². The fraction of sp³-hybridized carbons (Fsp3) is 1.00. The molecule has 1 heterocycles. The second-order valence-corrected chi connectivity index (χ2v) is 6.14. The summed E-state index contributed by atoms with van der Waals surface area (Å²) in [7, 11) is 0. The normalized spacial score (nSPS) is 30.2. The molecular weight excluding hydrogens is 220 g/mol. The van der Waals surface area contributed by atoms with Gasteiger partial charge in [-0.3, -0.25) is 0 Å². The summed E-state index contributed by atoms with van der Waals surface area (Å²) >= 11 is 1.96. The van der Waals surface area contributed by atoms with E-state index < -0.39 is 0 Å². The van der Waals surface area contributed by atoms with Crippen molar-refractivity contribution in [1.29, 1.82) is 0 Å². The number of likely N-dealkylation sites (N-methyl/N-ethyl adjacent to an activating group) is 1. The van der Waals surface area contributed by atoms with Crippen LogP contribution in [0.4, 0.5) is 0 Å². The number of aliphatic hydroxyl groups is 1. The number of thioether (sulfide) groups is 1. The molecule has 96 valence electrons. The van der Waals surface area contributed by atoms with Crippen molar-refractivity contribution in [3.63, 3.8) is 0 Å². The molecule has 0 aromatic carbocycles. The molecule has 0 radical (unpaired) electrons. The number of aliphatic hydroxyl groups excluding tert-OH is 1. The molecule has 0 amide bonds. The lowest BCUT2D eigenvalue weighted by atomic mass is 9.97. The van der Waals surface area contributed by atoms with Crippen LogP contribution in [-0.2, 0) is 0 Å². The van der Waals surface area contributed by atoms with Crippen LogP contribution in [0.5, 0.6) is 0 Å². The maximum absolute atomic E-state index is 9.52. The predicted octanol–water partition coefficient (Wildman–Crippen LogP) is 1.17. The molecule has 0 bridgehead atoms. The van der Waals surface area contributed by atoms with Crippen molar-refractivity contribution < 1.29 is 5.11 Å². The van der Waals surface area contributed by atoms with E-state index in [2.05, 4.69) is 31.0 Å². The van der Waals surface area contributed by atoms with Gasteiger partial charge in [0.25, 0.3) is 0 Å². The first-order valence-corrected chi connectivity index (χ1v) is 7.40. The van der Waals surface area contributed by atoms with E-state index in [0.717, 1.165) is 38.4 Å². The third-order valence-electron chi connectivity index (χ3n) is 3.45. The van der Waals surface area contributed by atoms with E-state index >= 15 is 0 Å². The van der Waals surface area contributed by atoms with Gasteiger partial charge in [-0.25, -0.2) is 0 Å². The lowest BCUT2D eigenvalue weighted by molar-refractivity contribution is 0.169. The molecule has 0 spiro atoms. The average Bonchev–Trinajstić information content (AvgIpc) is 2.67. The fourth-order valence-corrected chi connectivity index (χ4v) is 3.63. The highest BCUT2D eigenvalue weighted by Crippen LogP contribution is 2.33. The maximum atomic E-state index is 9.52. The first-order valence-electron chi connectivity index (χ1n) is 6.35. The van der Waals surface area contributed by atoms with Crippen LogP contribution in [0.25, 0.3) is 0 Å². The van der Waals surface area contributed by atoms with Crippen LogP contribution in [0.3, 0.4) is 0 Å². The molecule has 1 saturated heterocycles. The molecule has 0 aromatic rings. The minimum absolute atomic E-state index is 0.0166. The SMILES string of the molecule is CCN(CC)CCNC1(CO)CSC(C)C1. The molecule has 2 unspecified atom stereocenters. The van der Waals surface area contributed by atoms with Crippen LogP contribution in [-0.4, -0.2) is 59.3 Å². The lowest BCUT2D eigenvalue weighted by Gasteiger charge is -2.29. The summed E-state index contributed by atoms with van der Waals surface area (Å²) in [6.07, 6.45) is 1.09. The quantitative estimate of drug-likeness (QED) is 0.707. The first kappa shape index (κ1) is 14.3. The Hall–Kier alpha value is 0.230. The van der Waals surface area contributed by atoms with E-state index in [0.29, 0.717) is 5.25 Å². The maximum Gasteiger partial charge on any atom is 0.0621 e. The Morgan fingerprint density at radius 3 is 2.56 bits per heavy atom. The molecule has 2 N–H and O–H groups in total. The van der Waals surface area contributed by atoms with Gasteiger partial charge in [0.05, 0.1) is 12.1 Å². The van der Waals surface area contributed by atoms with Gasteiger partial charge in [-0.05, 0) is 19.5 Å². The largest absolute Gasteiger partial charge is 0.394 e. The highest BCUT2D eigenvalue weighted by Gasteiger charge is 2.36. The minimum Gasteiger partial charge on any atom is -0.394 e. The monoisotopic (exact) mass is 246 g/mol. The molecular formula is C12H26N2OS. The topological polar surface area (TPSA) is 35.5 Å². The van der Waals surface area contributed by atoms with E-state index in [1.165, 1.54) is 0 Å². The van der Waals surface area contributed by atoms with Crippen LogP contribution >= 0.6 is 11.8 Å². The molecule has 0 aromatic heterocycles. The van der Waals surface area contributed by atoms with Gasteiger partial charge in [0, 0.05) is 24.1 Å². The molecule has 0 aliphatic carbocycles. The molecule has 1 rings (SSSR count). The number of hydrogen-bond donors (Lipinski definition) is 2. The van der Waals surface area contributed by atoms with Gasteiger partial charge in [-0.15, -0.1) is 0 Å². The van der Waals surface area contributed by atoms with Gasteiger partial charge in [-0.1, -0.05) is 20.8 Å². The predicted molar refractivity (Wildman–Crippen MR) is 72.1 cm³/mol. The van der Waals surface area contributed by atoms with Gasteiger partial charge in [0.15, 0.2) is 0 Å². The fourth-order valence-electron chi connectivity index (χ4n) is 2.28. The van der Waals surface area contributed by atoms with Crippen molar-refractivity contribution in [3.05, 3.63) is 0 Å². The van der Waals surface area contributed by atoms with Crippen LogP contribution in [0, 0.1) is 0 Å². The second kappa shape index (κ2) is 6.84. The van der Waals surface area contributed by atoms with Crippen LogP contribution < -0.4 is 5.32 Å². The standard InChI is InChI=1S/C12H26N2OS/c1-4-14(5-2)7-6-13-12(9-15)8-11(3)16-10-12/h11,13,15H,4-10H2,1-3H3. The Morgan fingerprint density at radius 2 is 2.12 bits per heavy atom. The third-order valence-corrected chi connectivity index (χ3v) is 4.90. The summed E-state index contributed by atoms with van der Waals surface area (Å²) in [6, 6.07) is 0. The van der Waals surface area contributed by atoms with E-state index in [9.17, 15) is 5.11 Å². The molecule has 1 aliphatic rings. The Kier molecular flexibility index (Phi) is 6.11. The zero-order valence-corrected chi connectivity index (χ0v) is 11.6. The summed E-state index contributed by atoms with van der Waals surface area (Å²) in [5.41, 5.74) is -0.0166. The Labute approximate surface area is 104 Å².